The molecule has 0 aliphatic rings. The van der Waals surface area contributed by atoms with Gasteiger partial charge in [0.05, 0.1) is 22.9 Å². The van der Waals surface area contributed by atoms with Crippen LogP contribution in [0.5, 0.6) is 0 Å². The van der Waals surface area contributed by atoms with Gasteiger partial charge in [-0.25, -0.2) is 0 Å². The lowest BCUT2D eigenvalue weighted by molar-refractivity contribution is 1.08. The Morgan fingerprint density at radius 3 is 2.90 bits per heavy atom. The minimum absolute atomic E-state index is 0.233. The van der Waals surface area contributed by atoms with Crippen molar-refractivity contribution in [2.24, 2.45) is 0 Å². The lowest BCUT2D eigenvalue weighted by Gasteiger charge is -1.98. The summed E-state index contributed by atoms with van der Waals surface area (Å²) in [4.78, 5) is 14.3. The van der Waals surface area contributed by atoms with E-state index in [2.05, 4.69) is 4.98 Å². The van der Waals surface area contributed by atoms with Crippen LogP contribution in [0.3, 0.4) is 0 Å². The normalized spacial score (nSPS) is 9.80. The van der Waals surface area contributed by atoms with Crippen molar-refractivity contribution in [1.82, 2.24) is 7.76 Å². The summed E-state index contributed by atoms with van der Waals surface area (Å²) in [5.74, 6) is 0.233. The van der Waals surface area contributed by atoms with Gasteiger partial charge in [0.15, 0.2) is 0 Å². The van der Waals surface area contributed by atoms with Crippen LogP contribution in [-0.2, 0) is 0 Å². The number of anilines is 1. The van der Waals surface area contributed by atoms with Crippen molar-refractivity contribution in [3.63, 3.8) is 0 Å². The second-order valence-corrected chi connectivity index (χ2v) is 2.94. The third-order valence-electron chi connectivity index (χ3n) is 1.08. The maximum Gasteiger partial charge on any atom is 0.277 e. The van der Waals surface area contributed by atoms with Crippen molar-refractivity contribution >= 4 is 28.8 Å². The van der Waals surface area contributed by atoms with Crippen molar-refractivity contribution < 1.29 is 0 Å². The van der Waals surface area contributed by atoms with Crippen LogP contribution in [0.4, 0.5) is 5.95 Å². The molecule has 0 aliphatic heterocycles. The van der Waals surface area contributed by atoms with E-state index in [9.17, 15) is 4.79 Å². The summed E-state index contributed by atoms with van der Waals surface area (Å²) in [6.45, 7) is 1.70. The van der Waals surface area contributed by atoms with Gasteiger partial charge in [0.25, 0.3) is 5.56 Å². The number of nitrogens with two attached hydrogens (primary N) is 1. The largest absolute Gasteiger partial charge is 0.369 e. The zero-order valence-electron chi connectivity index (χ0n) is 5.34. The summed E-state index contributed by atoms with van der Waals surface area (Å²) in [5, 5.41) is 0. The van der Waals surface area contributed by atoms with Gasteiger partial charge >= 0.3 is 0 Å². The molecule has 2 N–H and O–H groups in total. The molecule has 0 unspecified atom stereocenters. The van der Waals surface area contributed by atoms with Crippen molar-refractivity contribution in [1.29, 1.82) is 0 Å². The number of hydrogen-bond acceptors (Lipinski definition) is 3. The van der Waals surface area contributed by atoms with E-state index in [0.29, 0.717) is 5.56 Å². The fourth-order valence-corrected chi connectivity index (χ4v) is 1.06. The Morgan fingerprint density at radius 1 is 1.80 bits per heavy atom. The minimum Gasteiger partial charge on any atom is -0.369 e. The Labute approximate surface area is 71.6 Å². The molecule has 0 spiro atoms. The smallest absolute Gasteiger partial charge is 0.277 e. The molecule has 0 atom stereocenters. The van der Waals surface area contributed by atoms with Crippen LogP contribution in [0.1, 0.15) is 5.56 Å². The average Bonchev–Trinajstić information content (AvgIpc) is 1.84. The number of nitrogen functional groups attached to an aromatic ring is 1. The minimum atomic E-state index is -0.259. The summed E-state index contributed by atoms with van der Waals surface area (Å²) < 4.78 is 1.58. The number of aromatic nitrogens is 2. The predicted octanol–water partition coefficient (Wildman–Crippen LogP) is 0.332. The fourth-order valence-electron chi connectivity index (χ4n) is 0.531. The van der Waals surface area contributed by atoms with Crippen molar-refractivity contribution in [3.8, 4) is 0 Å². The number of aryl methyl sites for hydroxylation is 1. The fraction of sp³-hybridized carbons (Fsp3) is 0.200. The first-order chi connectivity index (χ1) is 4.61. The highest BCUT2D eigenvalue weighted by Gasteiger charge is 1.97. The van der Waals surface area contributed by atoms with Crippen LogP contribution >= 0.6 is 22.9 Å². The summed E-state index contributed by atoms with van der Waals surface area (Å²) in [7, 11) is 0. The summed E-state index contributed by atoms with van der Waals surface area (Å²) in [5.41, 5.74) is 5.68. The van der Waals surface area contributed by atoms with Crippen LogP contribution in [0.25, 0.3) is 0 Å². The summed E-state index contributed by atoms with van der Waals surface area (Å²) in [6, 6.07) is 0. The zero-order chi connectivity index (χ0) is 7.72. The molecule has 5 heteroatoms. The molecule has 54 valence electrons. The first kappa shape index (κ1) is 7.52. The number of halogens is 1. The highest BCUT2D eigenvalue weighted by atomic mass is 127. The Kier molecular flexibility index (Phi) is 1.93. The topological polar surface area (TPSA) is 60.9 Å². The predicted molar refractivity (Wildman–Crippen MR) is 47.1 cm³/mol. The number of hydrogen-bond donors (Lipinski definition) is 1. The lowest BCUT2D eigenvalue weighted by atomic mass is 10.4. The van der Waals surface area contributed by atoms with Crippen LogP contribution in [0.2, 0.25) is 0 Å². The van der Waals surface area contributed by atoms with E-state index >= 15 is 0 Å². The van der Waals surface area contributed by atoms with Crippen molar-refractivity contribution in [2.45, 2.75) is 6.92 Å². The van der Waals surface area contributed by atoms with Gasteiger partial charge in [-0.1, -0.05) is 0 Å². The molecule has 0 saturated heterocycles. The van der Waals surface area contributed by atoms with E-state index in [1.807, 2.05) is 22.9 Å². The molecular formula is C5H6IN3O. The van der Waals surface area contributed by atoms with Gasteiger partial charge in [-0.15, -0.1) is 0 Å². The molecule has 1 aromatic rings. The van der Waals surface area contributed by atoms with Gasteiger partial charge in [0, 0.05) is 11.8 Å². The molecule has 1 aromatic heterocycles. The first-order valence-corrected chi connectivity index (χ1v) is 3.59. The highest BCUT2D eigenvalue weighted by molar-refractivity contribution is 14.1. The highest BCUT2D eigenvalue weighted by Crippen LogP contribution is 2.01. The first-order valence-electron chi connectivity index (χ1n) is 2.63. The molecule has 0 amide bonds. The number of rotatable bonds is 0. The maximum atomic E-state index is 10.8. The Morgan fingerprint density at radius 2 is 2.40 bits per heavy atom. The molecule has 0 fully saturated rings. The molecular weight excluding hydrogens is 245 g/mol. The van der Waals surface area contributed by atoms with E-state index in [0.717, 1.165) is 0 Å². The third kappa shape index (κ3) is 1.28. The second kappa shape index (κ2) is 2.57. The third-order valence-corrected chi connectivity index (χ3v) is 1.85. The van der Waals surface area contributed by atoms with Gasteiger partial charge < -0.3 is 5.73 Å². The van der Waals surface area contributed by atoms with E-state index < -0.39 is 0 Å². The van der Waals surface area contributed by atoms with Crippen LogP contribution in [0.15, 0.2) is 11.0 Å². The molecule has 10 heavy (non-hydrogen) atoms. The van der Waals surface area contributed by atoms with E-state index in [1.165, 1.54) is 0 Å². The van der Waals surface area contributed by atoms with Gasteiger partial charge in [0.1, 0.15) is 0 Å². The Hall–Kier alpha value is -0.590. The molecule has 0 bridgehead atoms. The second-order valence-electron chi connectivity index (χ2n) is 1.90. The molecule has 0 radical (unpaired) electrons. The molecule has 0 aliphatic carbocycles. The van der Waals surface area contributed by atoms with Gasteiger partial charge in [-0.2, -0.15) is 4.98 Å². The van der Waals surface area contributed by atoms with Gasteiger partial charge in [-0.3, -0.25) is 7.58 Å². The SMILES string of the molecule is Cc1cn(I)c(N)nc1=O. The van der Waals surface area contributed by atoms with E-state index in [1.54, 1.807) is 15.9 Å². The quantitative estimate of drug-likeness (QED) is 0.676. The summed E-state index contributed by atoms with van der Waals surface area (Å²) in [6.07, 6.45) is 1.64. The number of nitrogens with zero attached hydrogens (tertiary/aromatic N) is 2. The lowest BCUT2D eigenvalue weighted by Crippen LogP contribution is -2.14. The van der Waals surface area contributed by atoms with E-state index in [4.69, 9.17) is 5.73 Å². The Balaban J connectivity index is 3.43. The molecule has 4 nitrogen and oxygen atoms in total. The Bertz CT molecular complexity index is 306. The molecule has 0 saturated carbocycles. The molecule has 1 rings (SSSR count). The van der Waals surface area contributed by atoms with Crippen molar-refractivity contribution in [3.05, 3.63) is 22.1 Å². The monoisotopic (exact) mass is 251 g/mol. The van der Waals surface area contributed by atoms with Crippen LogP contribution < -0.4 is 11.3 Å². The van der Waals surface area contributed by atoms with Crippen molar-refractivity contribution in [2.75, 3.05) is 5.73 Å². The summed E-state index contributed by atoms with van der Waals surface area (Å²) >= 11 is 1.96. The van der Waals surface area contributed by atoms with Crippen LogP contribution in [0, 0.1) is 6.92 Å². The molecule has 1 heterocycles. The average molecular weight is 251 g/mol. The zero-order valence-corrected chi connectivity index (χ0v) is 7.49. The maximum absolute atomic E-state index is 10.8. The molecule has 0 aromatic carbocycles. The van der Waals surface area contributed by atoms with Gasteiger partial charge in [0.2, 0.25) is 5.95 Å². The van der Waals surface area contributed by atoms with E-state index in [-0.39, 0.29) is 11.5 Å². The van der Waals surface area contributed by atoms with Crippen LogP contribution in [-0.4, -0.2) is 7.76 Å². The standard InChI is InChI=1S/C5H6IN3O/c1-3-2-9(6)5(7)8-4(3)10/h2H,1H3,(H2,7,8,10). The van der Waals surface area contributed by atoms with Gasteiger partial charge in [-0.05, 0) is 6.92 Å².